The summed E-state index contributed by atoms with van der Waals surface area (Å²) in [5, 5.41) is 8.72. The fourth-order valence-electron chi connectivity index (χ4n) is 1.67. The molecule has 0 aromatic heterocycles. The van der Waals surface area contributed by atoms with Crippen LogP contribution in [0, 0.1) is 11.8 Å². The van der Waals surface area contributed by atoms with Crippen LogP contribution in [0.15, 0.2) is 29.2 Å². The maximum absolute atomic E-state index is 12.3. The van der Waals surface area contributed by atoms with Gasteiger partial charge in [-0.2, -0.15) is 0 Å². The number of sulfonamides is 1. The SMILES string of the molecule is COCCCCNS(=O)(=O)c1ccccc1C#CCCO. The number of unbranched alkanes of at least 4 members (excludes halogenated alkanes) is 1. The van der Waals surface area contributed by atoms with Gasteiger partial charge in [-0.15, -0.1) is 0 Å². The molecular formula is C15H21NO4S. The molecule has 6 heteroatoms. The van der Waals surface area contributed by atoms with Crippen LogP contribution in [0.4, 0.5) is 0 Å². The van der Waals surface area contributed by atoms with Crippen molar-refractivity contribution in [3.63, 3.8) is 0 Å². The van der Waals surface area contributed by atoms with Gasteiger partial charge in [0.2, 0.25) is 10.0 Å². The van der Waals surface area contributed by atoms with Crippen LogP contribution >= 0.6 is 0 Å². The summed E-state index contributed by atoms with van der Waals surface area (Å²) >= 11 is 0. The second-order valence-electron chi connectivity index (χ2n) is 4.37. The third-order valence-electron chi connectivity index (χ3n) is 2.70. The Bertz CT molecular complexity index is 587. The Labute approximate surface area is 126 Å². The lowest BCUT2D eigenvalue weighted by Gasteiger charge is -2.08. The highest BCUT2D eigenvalue weighted by Gasteiger charge is 2.16. The Morgan fingerprint density at radius 2 is 2.05 bits per heavy atom. The van der Waals surface area contributed by atoms with Crippen LogP contribution in [-0.2, 0) is 14.8 Å². The minimum absolute atomic E-state index is 0.0420. The van der Waals surface area contributed by atoms with E-state index in [1.54, 1.807) is 25.3 Å². The fourth-order valence-corrected chi connectivity index (χ4v) is 2.91. The molecule has 2 N–H and O–H groups in total. The monoisotopic (exact) mass is 311 g/mol. The number of rotatable bonds is 8. The average molecular weight is 311 g/mol. The highest BCUT2D eigenvalue weighted by molar-refractivity contribution is 7.89. The Balaban J connectivity index is 2.76. The molecule has 1 rings (SSSR count). The zero-order valence-corrected chi connectivity index (χ0v) is 12.9. The lowest BCUT2D eigenvalue weighted by atomic mass is 10.2. The Morgan fingerprint density at radius 1 is 1.29 bits per heavy atom. The van der Waals surface area contributed by atoms with E-state index >= 15 is 0 Å². The van der Waals surface area contributed by atoms with Gasteiger partial charge < -0.3 is 9.84 Å². The van der Waals surface area contributed by atoms with Crippen LogP contribution < -0.4 is 4.72 Å². The molecule has 0 atom stereocenters. The molecule has 0 bridgehead atoms. The molecule has 0 aliphatic rings. The first-order valence-corrected chi connectivity index (χ1v) is 8.27. The highest BCUT2D eigenvalue weighted by atomic mass is 32.2. The van der Waals surface area contributed by atoms with Crippen LogP contribution in [-0.4, -0.2) is 40.4 Å². The van der Waals surface area contributed by atoms with Gasteiger partial charge in [0, 0.05) is 32.2 Å². The molecule has 0 saturated carbocycles. The second-order valence-corrected chi connectivity index (χ2v) is 6.10. The van der Waals surface area contributed by atoms with E-state index in [-0.39, 0.29) is 11.5 Å². The molecule has 0 heterocycles. The average Bonchev–Trinajstić information content (AvgIpc) is 2.48. The first kappa shape index (κ1) is 17.7. The summed E-state index contributed by atoms with van der Waals surface area (Å²) in [7, 11) is -1.95. The number of hydrogen-bond donors (Lipinski definition) is 2. The fraction of sp³-hybridized carbons (Fsp3) is 0.467. The quantitative estimate of drug-likeness (QED) is 0.557. The highest BCUT2D eigenvalue weighted by Crippen LogP contribution is 2.14. The molecular weight excluding hydrogens is 290 g/mol. The van der Waals surface area contributed by atoms with Gasteiger partial charge in [0.15, 0.2) is 0 Å². The van der Waals surface area contributed by atoms with Gasteiger partial charge in [0.1, 0.15) is 0 Å². The van der Waals surface area contributed by atoms with Crippen molar-refractivity contribution in [3.8, 4) is 11.8 Å². The summed E-state index contributed by atoms with van der Waals surface area (Å²) in [5.41, 5.74) is 0.440. The molecule has 116 valence electrons. The van der Waals surface area contributed by atoms with Crippen molar-refractivity contribution in [1.29, 1.82) is 0 Å². The predicted molar refractivity (Wildman–Crippen MR) is 81.3 cm³/mol. The normalized spacial score (nSPS) is 11.0. The summed E-state index contributed by atoms with van der Waals surface area (Å²) in [5.74, 6) is 5.52. The molecule has 5 nitrogen and oxygen atoms in total. The number of hydrogen-bond acceptors (Lipinski definition) is 4. The van der Waals surface area contributed by atoms with Gasteiger partial charge in [-0.25, -0.2) is 13.1 Å². The molecule has 0 spiro atoms. The van der Waals surface area contributed by atoms with Crippen molar-refractivity contribution in [2.75, 3.05) is 26.9 Å². The van der Waals surface area contributed by atoms with Crippen LogP contribution in [0.2, 0.25) is 0 Å². The largest absolute Gasteiger partial charge is 0.395 e. The van der Waals surface area contributed by atoms with Gasteiger partial charge in [-0.05, 0) is 25.0 Å². The van der Waals surface area contributed by atoms with Crippen LogP contribution in [0.5, 0.6) is 0 Å². The molecule has 0 amide bonds. The summed E-state index contributed by atoms with van der Waals surface area (Å²) in [6.45, 7) is 0.939. The van der Waals surface area contributed by atoms with E-state index in [1.165, 1.54) is 6.07 Å². The van der Waals surface area contributed by atoms with Gasteiger partial charge in [-0.1, -0.05) is 24.0 Å². The maximum Gasteiger partial charge on any atom is 0.241 e. The number of aliphatic hydroxyl groups is 1. The number of nitrogens with one attached hydrogen (secondary N) is 1. The summed E-state index contributed by atoms with van der Waals surface area (Å²) in [4.78, 5) is 0.169. The number of methoxy groups -OCH3 is 1. The number of aliphatic hydroxyl groups excluding tert-OH is 1. The third-order valence-corrected chi connectivity index (χ3v) is 4.22. The summed E-state index contributed by atoms with van der Waals surface area (Å²) in [6.07, 6.45) is 1.83. The summed E-state index contributed by atoms with van der Waals surface area (Å²) < 4.78 is 32.0. The molecule has 0 fully saturated rings. The Hall–Kier alpha value is -1.39. The lowest BCUT2D eigenvalue weighted by Crippen LogP contribution is -2.25. The van der Waals surface area contributed by atoms with E-state index in [0.717, 1.165) is 6.42 Å². The first-order chi connectivity index (χ1) is 10.1. The number of benzene rings is 1. The molecule has 1 aromatic rings. The van der Waals surface area contributed by atoms with Crippen molar-refractivity contribution in [2.24, 2.45) is 0 Å². The molecule has 0 unspecified atom stereocenters. The molecule has 1 aromatic carbocycles. The standard InChI is InChI=1S/C15H21NO4S/c1-20-13-7-5-11-16-21(18,19)15-10-3-2-8-14(15)9-4-6-12-17/h2-3,8,10,16-17H,5-7,11-13H2,1H3. The summed E-state index contributed by atoms with van der Waals surface area (Å²) in [6, 6.07) is 6.58. The van der Waals surface area contributed by atoms with E-state index in [9.17, 15) is 8.42 Å². The lowest BCUT2D eigenvalue weighted by molar-refractivity contribution is 0.193. The van der Waals surface area contributed by atoms with Gasteiger partial charge in [-0.3, -0.25) is 0 Å². The molecule has 0 saturated heterocycles. The van der Waals surface area contributed by atoms with Gasteiger partial charge in [0.25, 0.3) is 0 Å². The second kappa shape index (κ2) is 9.53. The van der Waals surface area contributed by atoms with Crippen LogP contribution in [0.1, 0.15) is 24.8 Å². The van der Waals surface area contributed by atoms with Crippen molar-refractivity contribution < 1.29 is 18.3 Å². The van der Waals surface area contributed by atoms with E-state index < -0.39 is 10.0 Å². The smallest absolute Gasteiger partial charge is 0.241 e. The van der Waals surface area contributed by atoms with Crippen molar-refractivity contribution >= 4 is 10.0 Å². The van der Waals surface area contributed by atoms with Crippen molar-refractivity contribution in [2.45, 2.75) is 24.2 Å². The van der Waals surface area contributed by atoms with E-state index in [1.807, 2.05) is 0 Å². The van der Waals surface area contributed by atoms with Crippen molar-refractivity contribution in [3.05, 3.63) is 29.8 Å². The Morgan fingerprint density at radius 3 is 2.76 bits per heavy atom. The molecule has 0 radical (unpaired) electrons. The third kappa shape index (κ3) is 6.27. The Kier molecular flexibility index (Phi) is 8.01. The minimum atomic E-state index is -3.57. The maximum atomic E-state index is 12.3. The topological polar surface area (TPSA) is 75.6 Å². The molecule has 0 aliphatic carbocycles. The zero-order valence-electron chi connectivity index (χ0n) is 12.1. The predicted octanol–water partition coefficient (Wildman–Crippen LogP) is 1.13. The number of ether oxygens (including phenoxy) is 1. The molecule has 21 heavy (non-hydrogen) atoms. The van der Waals surface area contributed by atoms with Gasteiger partial charge >= 0.3 is 0 Å². The first-order valence-electron chi connectivity index (χ1n) is 6.79. The molecule has 0 aliphatic heterocycles. The minimum Gasteiger partial charge on any atom is -0.395 e. The van der Waals surface area contributed by atoms with Crippen molar-refractivity contribution in [1.82, 2.24) is 4.72 Å². The van der Waals surface area contributed by atoms with Crippen LogP contribution in [0.25, 0.3) is 0 Å². The van der Waals surface area contributed by atoms with E-state index in [0.29, 0.717) is 31.6 Å². The van der Waals surface area contributed by atoms with Gasteiger partial charge in [0.05, 0.1) is 11.5 Å². The van der Waals surface area contributed by atoms with E-state index in [2.05, 4.69) is 16.6 Å². The van der Waals surface area contributed by atoms with E-state index in [4.69, 9.17) is 9.84 Å². The zero-order chi connectivity index (χ0) is 15.6. The van der Waals surface area contributed by atoms with Crippen LogP contribution in [0.3, 0.4) is 0 Å².